The fourth-order valence-electron chi connectivity index (χ4n) is 3.81. The first-order valence-electron chi connectivity index (χ1n) is 9.81. The molecule has 0 unspecified atom stereocenters. The van der Waals surface area contributed by atoms with Gasteiger partial charge in [0.1, 0.15) is 0 Å². The van der Waals surface area contributed by atoms with Crippen molar-refractivity contribution < 1.29 is 18.0 Å². The van der Waals surface area contributed by atoms with Gasteiger partial charge >= 0.3 is 0 Å². The predicted molar refractivity (Wildman–Crippen MR) is 113 cm³/mol. The Balaban J connectivity index is 1.59. The Morgan fingerprint density at radius 3 is 2.60 bits per heavy atom. The molecule has 0 saturated carbocycles. The smallest absolute Gasteiger partial charge is 0.254 e. The summed E-state index contributed by atoms with van der Waals surface area (Å²) >= 11 is 0. The van der Waals surface area contributed by atoms with Gasteiger partial charge in [-0.25, -0.2) is 8.42 Å². The van der Waals surface area contributed by atoms with Gasteiger partial charge in [-0.3, -0.25) is 9.59 Å². The largest absolute Gasteiger partial charge is 0.373 e. The van der Waals surface area contributed by atoms with Crippen LogP contribution in [0.25, 0.3) is 0 Å². The second kappa shape index (κ2) is 8.08. The van der Waals surface area contributed by atoms with E-state index < -0.39 is 10.0 Å². The number of fused-ring (bicyclic) bond motifs is 1. The Labute approximate surface area is 176 Å². The fraction of sp³-hybridized carbons (Fsp3) is 0.333. The maximum atomic E-state index is 13.2. The lowest BCUT2D eigenvalue weighted by molar-refractivity contribution is -0.122. The summed E-state index contributed by atoms with van der Waals surface area (Å²) in [6.07, 6.45) is 0. The molecule has 0 spiro atoms. The van der Waals surface area contributed by atoms with Crippen LogP contribution in [0, 0.1) is 0 Å². The monoisotopic (exact) mass is 428 g/mol. The van der Waals surface area contributed by atoms with Crippen LogP contribution in [-0.4, -0.2) is 69.2 Å². The number of sulfonamides is 1. The molecule has 0 aliphatic carbocycles. The van der Waals surface area contributed by atoms with Crippen LogP contribution in [-0.2, 0) is 21.4 Å². The summed E-state index contributed by atoms with van der Waals surface area (Å²) in [6, 6.07) is 14.0. The van der Waals surface area contributed by atoms with Crippen LogP contribution >= 0.6 is 0 Å². The minimum atomic E-state index is -3.85. The van der Waals surface area contributed by atoms with Gasteiger partial charge in [0.25, 0.3) is 5.91 Å². The molecule has 1 saturated heterocycles. The van der Waals surface area contributed by atoms with Crippen molar-refractivity contribution in [3.05, 3.63) is 59.7 Å². The number of amides is 2. The van der Waals surface area contributed by atoms with E-state index in [0.717, 1.165) is 15.6 Å². The molecule has 2 amide bonds. The Bertz CT molecular complexity index is 1090. The molecule has 9 heteroatoms. The lowest BCUT2D eigenvalue weighted by atomic mass is 10.1. The molecular weight excluding hydrogens is 404 g/mol. The standard InChI is InChI=1S/C21H24N4O4S/c1-23-11-12-24(14-17-5-2-3-8-19(17)23)21(27)16-6-4-7-18(13-16)30(28,29)25-10-9-22-20(26)15-25/h2-8,13H,9-12,14-15H2,1H3,(H,22,26). The quantitative estimate of drug-likeness (QED) is 0.785. The summed E-state index contributed by atoms with van der Waals surface area (Å²) < 4.78 is 27.1. The minimum Gasteiger partial charge on any atom is -0.373 e. The van der Waals surface area contributed by atoms with E-state index in [4.69, 9.17) is 0 Å². The van der Waals surface area contributed by atoms with Crippen LogP contribution in [0.4, 0.5) is 5.69 Å². The second-order valence-electron chi connectivity index (χ2n) is 7.49. The van der Waals surface area contributed by atoms with Crippen molar-refractivity contribution in [3.8, 4) is 0 Å². The molecule has 1 N–H and O–H groups in total. The molecule has 30 heavy (non-hydrogen) atoms. The molecule has 2 heterocycles. The summed E-state index contributed by atoms with van der Waals surface area (Å²) in [5.41, 5.74) is 2.46. The number of hydrogen-bond donors (Lipinski definition) is 1. The molecule has 0 atom stereocenters. The van der Waals surface area contributed by atoms with Crippen molar-refractivity contribution >= 4 is 27.5 Å². The fourth-order valence-corrected chi connectivity index (χ4v) is 5.25. The molecule has 2 aliphatic heterocycles. The molecule has 2 aliphatic rings. The van der Waals surface area contributed by atoms with E-state index in [1.54, 1.807) is 17.0 Å². The average Bonchev–Trinajstić information content (AvgIpc) is 2.92. The Morgan fingerprint density at radius 2 is 1.80 bits per heavy atom. The topological polar surface area (TPSA) is 90.0 Å². The molecule has 158 valence electrons. The van der Waals surface area contributed by atoms with Gasteiger partial charge in [-0.15, -0.1) is 0 Å². The van der Waals surface area contributed by atoms with E-state index in [1.807, 2.05) is 31.3 Å². The lowest BCUT2D eigenvalue weighted by Gasteiger charge is -2.26. The van der Waals surface area contributed by atoms with Gasteiger partial charge in [-0.1, -0.05) is 24.3 Å². The first kappa shape index (κ1) is 20.4. The third-order valence-electron chi connectivity index (χ3n) is 5.48. The number of piperazine rings is 1. The van der Waals surface area contributed by atoms with E-state index in [1.165, 1.54) is 12.1 Å². The Morgan fingerprint density at radius 1 is 1.00 bits per heavy atom. The van der Waals surface area contributed by atoms with Gasteiger partial charge in [-0.05, 0) is 29.8 Å². The highest BCUT2D eigenvalue weighted by molar-refractivity contribution is 7.89. The van der Waals surface area contributed by atoms with Gasteiger partial charge in [0.15, 0.2) is 0 Å². The first-order valence-corrected chi connectivity index (χ1v) is 11.3. The first-order chi connectivity index (χ1) is 14.4. The highest BCUT2D eigenvalue weighted by atomic mass is 32.2. The molecule has 1 fully saturated rings. The zero-order valence-electron chi connectivity index (χ0n) is 16.7. The molecule has 8 nitrogen and oxygen atoms in total. The van der Waals surface area contributed by atoms with Gasteiger partial charge in [0.2, 0.25) is 15.9 Å². The van der Waals surface area contributed by atoms with Crippen molar-refractivity contribution in [2.24, 2.45) is 0 Å². The normalized spacial score (nSPS) is 17.8. The van der Waals surface area contributed by atoms with Crippen molar-refractivity contribution in [1.29, 1.82) is 0 Å². The molecular formula is C21H24N4O4S. The maximum Gasteiger partial charge on any atom is 0.254 e. The number of rotatable bonds is 3. The minimum absolute atomic E-state index is 0.0235. The van der Waals surface area contributed by atoms with E-state index in [9.17, 15) is 18.0 Å². The summed E-state index contributed by atoms with van der Waals surface area (Å²) in [5, 5.41) is 2.62. The second-order valence-corrected chi connectivity index (χ2v) is 9.43. The lowest BCUT2D eigenvalue weighted by Crippen LogP contribution is -2.49. The number of anilines is 1. The van der Waals surface area contributed by atoms with Gasteiger partial charge < -0.3 is 15.1 Å². The number of carbonyl (C=O) groups is 2. The summed E-state index contributed by atoms with van der Waals surface area (Å²) in [6.45, 7) is 1.95. The predicted octanol–water partition coefficient (Wildman–Crippen LogP) is 0.899. The van der Waals surface area contributed by atoms with Crippen LogP contribution in [0.15, 0.2) is 53.4 Å². The molecule has 0 bridgehead atoms. The van der Waals surface area contributed by atoms with Crippen molar-refractivity contribution in [2.75, 3.05) is 44.7 Å². The number of benzene rings is 2. The summed E-state index contributed by atoms with van der Waals surface area (Å²) in [4.78, 5) is 28.7. The highest BCUT2D eigenvalue weighted by Crippen LogP contribution is 2.25. The Kier molecular flexibility index (Phi) is 5.48. The number of carbonyl (C=O) groups excluding carboxylic acids is 2. The zero-order chi connectivity index (χ0) is 21.3. The van der Waals surface area contributed by atoms with Crippen LogP contribution in [0.1, 0.15) is 15.9 Å². The summed E-state index contributed by atoms with van der Waals surface area (Å²) in [5.74, 6) is -0.544. The molecule has 0 radical (unpaired) electrons. The number of nitrogens with one attached hydrogen (secondary N) is 1. The van der Waals surface area contributed by atoms with Crippen molar-refractivity contribution in [1.82, 2.24) is 14.5 Å². The van der Waals surface area contributed by atoms with E-state index in [-0.39, 0.29) is 36.3 Å². The number of para-hydroxylation sites is 1. The van der Waals surface area contributed by atoms with E-state index in [2.05, 4.69) is 10.2 Å². The van der Waals surface area contributed by atoms with Crippen LogP contribution in [0.2, 0.25) is 0 Å². The molecule has 2 aromatic carbocycles. The zero-order valence-corrected chi connectivity index (χ0v) is 17.6. The maximum absolute atomic E-state index is 13.2. The number of likely N-dealkylation sites (N-methyl/N-ethyl adjacent to an activating group) is 1. The molecule has 0 aromatic heterocycles. The molecule has 4 rings (SSSR count). The average molecular weight is 429 g/mol. The van der Waals surface area contributed by atoms with Crippen LogP contribution < -0.4 is 10.2 Å². The van der Waals surface area contributed by atoms with Gasteiger partial charge in [0.05, 0.1) is 11.4 Å². The third-order valence-corrected chi connectivity index (χ3v) is 7.32. The van der Waals surface area contributed by atoms with Gasteiger partial charge in [-0.2, -0.15) is 4.31 Å². The summed E-state index contributed by atoms with van der Waals surface area (Å²) in [7, 11) is -1.86. The van der Waals surface area contributed by atoms with E-state index >= 15 is 0 Å². The van der Waals surface area contributed by atoms with E-state index in [0.29, 0.717) is 25.2 Å². The van der Waals surface area contributed by atoms with Crippen LogP contribution in [0.3, 0.4) is 0 Å². The third kappa shape index (κ3) is 3.90. The van der Waals surface area contributed by atoms with Crippen molar-refractivity contribution in [3.63, 3.8) is 0 Å². The number of nitrogens with zero attached hydrogens (tertiary/aromatic N) is 3. The van der Waals surface area contributed by atoms with Crippen LogP contribution in [0.5, 0.6) is 0 Å². The van der Waals surface area contributed by atoms with Gasteiger partial charge in [0, 0.05) is 51.0 Å². The SMILES string of the molecule is CN1CCN(C(=O)c2cccc(S(=O)(=O)N3CCNC(=O)C3)c2)Cc2ccccc21. The Hall–Kier alpha value is -2.91. The highest BCUT2D eigenvalue weighted by Gasteiger charge is 2.30. The van der Waals surface area contributed by atoms with Crippen molar-refractivity contribution in [2.45, 2.75) is 11.4 Å². The number of hydrogen-bond acceptors (Lipinski definition) is 5. The molecule has 2 aromatic rings.